The number of nitriles is 1. The normalized spacial score (nSPS) is 15.9. The van der Waals surface area contributed by atoms with Gasteiger partial charge in [0.15, 0.2) is 0 Å². The minimum atomic E-state index is -0.494. The summed E-state index contributed by atoms with van der Waals surface area (Å²) in [5.41, 5.74) is 0.142. The number of nitrogens with zero attached hydrogens (tertiary/aromatic N) is 1. The van der Waals surface area contributed by atoms with Gasteiger partial charge in [-0.25, -0.2) is 0 Å². The summed E-state index contributed by atoms with van der Waals surface area (Å²) in [5, 5.41) is 30.0. The lowest BCUT2D eigenvalue weighted by atomic mass is 10.1. The van der Waals surface area contributed by atoms with Gasteiger partial charge in [-0.2, -0.15) is 5.26 Å². The number of phenolic OH excluding ortho intramolecular Hbond substituents is 2. The number of hydrogen-bond acceptors (Lipinski definition) is 4. The average Bonchev–Trinajstić information content (AvgIpc) is 3.08. The molecule has 1 saturated carbocycles. The summed E-state index contributed by atoms with van der Waals surface area (Å²) >= 11 is 0. The van der Waals surface area contributed by atoms with Crippen LogP contribution in [0.1, 0.15) is 23.2 Å². The summed E-state index contributed by atoms with van der Waals surface area (Å²) in [6.07, 6.45) is 1.90. The minimum Gasteiger partial charge on any atom is -0.508 e. The molecule has 1 unspecified atom stereocenters. The minimum absolute atomic E-state index is 0.142. The molecule has 1 atom stereocenters. The highest BCUT2D eigenvalue weighted by atomic mass is 16.3. The van der Waals surface area contributed by atoms with E-state index in [0.717, 1.165) is 18.9 Å². The molecule has 1 amide bonds. The van der Waals surface area contributed by atoms with E-state index in [4.69, 9.17) is 5.26 Å². The number of aromatic hydroxyl groups is 2. The van der Waals surface area contributed by atoms with E-state index < -0.39 is 11.9 Å². The summed E-state index contributed by atoms with van der Waals surface area (Å²) < 4.78 is 0. The lowest BCUT2D eigenvalue weighted by Gasteiger charge is -2.10. The number of rotatable bonds is 3. The Morgan fingerprint density at radius 1 is 1.35 bits per heavy atom. The molecule has 0 spiro atoms. The number of nitrogens with one attached hydrogen (secondary N) is 1. The first kappa shape index (κ1) is 11.3. The van der Waals surface area contributed by atoms with E-state index >= 15 is 0 Å². The summed E-state index contributed by atoms with van der Waals surface area (Å²) in [6.45, 7) is 0. The molecule has 5 nitrogen and oxygen atoms in total. The van der Waals surface area contributed by atoms with Gasteiger partial charge in [0.05, 0.1) is 6.07 Å². The molecule has 2 rings (SSSR count). The van der Waals surface area contributed by atoms with Crippen LogP contribution in [-0.2, 0) is 0 Å². The van der Waals surface area contributed by atoms with E-state index in [1.54, 1.807) is 0 Å². The molecule has 1 fully saturated rings. The Balaban J connectivity index is 2.11. The summed E-state index contributed by atoms with van der Waals surface area (Å²) in [4.78, 5) is 11.8. The molecule has 0 aliphatic heterocycles. The maximum Gasteiger partial charge on any atom is 0.252 e. The Morgan fingerprint density at radius 2 is 1.94 bits per heavy atom. The number of hydrogen-bond donors (Lipinski definition) is 3. The predicted octanol–water partition coefficient (Wildman–Crippen LogP) is 1.13. The van der Waals surface area contributed by atoms with Gasteiger partial charge in [0.25, 0.3) is 5.91 Å². The molecular weight excluding hydrogens is 220 g/mol. The number of carbonyl (C=O) groups excluding carboxylic acids is 1. The van der Waals surface area contributed by atoms with Crippen molar-refractivity contribution in [1.29, 1.82) is 5.26 Å². The van der Waals surface area contributed by atoms with E-state index in [1.165, 1.54) is 12.1 Å². The Kier molecular flexibility index (Phi) is 2.88. The van der Waals surface area contributed by atoms with Crippen LogP contribution in [0.25, 0.3) is 0 Å². The van der Waals surface area contributed by atoms with Crippen molar-refractivity contribution in [1.82, 2.24) is 5.32 Å². The zero-order valence-electron chi connectivity index (χ0n) is 9.05. The molecule has 1 aliphatic rings. The molecule has 0 aromatic heterocycles. The fraction of sp³-hybridized carbons (Fsp3) is 0.333. The first-order chi connectivity index (χ1) is 8.10. The number of phenols is 2. The highest BCUT2D eigenvalue weighted by Gasteiger charge is 2.32. The van der Waals surface area contributed by atoms with Crippen molar-refractivity contribution in [3.63, 3.8) is 0 Å². The van der Waals surface area contributed by atoms with Gasteiger partial charge in [0.1, 0.15) is 17.5 Å². The van der Waals surface area contributed by atoms with Gasteiger partial charge >= 0.3 is 0 Å². The first-order valence-electron chi connectivity index (χ1n) is 5.33. The van der Waals surface area contributed by atoms with Gasteiger partial charge in [0, 0.05) is 11.6 Å². The average molecular weight is 232 g/mol. The van der Waals surface area contributed by atoms with Crippen LogP contribution in [0.15, 0.2) is 18.2 Å². The Morgan fingerprint density at radius 3 is 2.41 bits per heavy atom. The first-order valence-corrected chi connectivity index (χ1v) is 5.33. The quantitative estimate of drug-likeness (QED) is 0.728. The van der Waals surface area contributed by atoms with Crippen LogP contribution in [0.3, 0.4) is 0 Å². The maximum absolute atomic E-state index is 11.8. The molecule has 1 aromatic rings. The molecule has 3 N–H and O–H groups in total. The highest BCUT2D eigenvalue weighted by Crippen LogP contribution is 2.32. The van der Waals surface area contributed by atoms with E-state index in [-0.39, 0.29) is 23.0 Å². The van der Waals surface area contributed by atoms with E-state index in [2.05, 4.69) is 5.32 Å². The molecule has 1 aliphatic carbocycles. The van der Waals surface area contributed by atoms with Crippen LogP contribution in [-0.4, -0.2) is 22.2 Å². The molecule has 0 bridgehead atoms. The molecule has 88 valence electrons. The second-order valence-corrected chi connectivity index (χ2v) is 4.16. The zero-order valence-corrected chi connectivity index (χ0v) is 9.05. The molecule has 1 aromatic carbocycles. The van der Waals surface area contributed by atoms with Crippen molar-refractivity contribution >= 4 is 5.91 Å². The van der Waals surface area contributed by atoms with Gasteiger partial charge in [0.2, 0.25) is 0 Å². The molecule has 17 heavy (non-hydrogen) atoms. The van der Waals surface area contributed by atoms with E-state index in [9.17, 15) is 15.0 Å². The van der Waals surface area contributed by atoms with Crippen molar-refractivity contribution in [3.8, 4) is 17.6 Å². The third kappa shape index (κ3) is 2.67. The highest BCUT2D eigenvalue weighted by molar-refractivity contribution is 5.95. The van der Waals surface area contributed by atoms with Crippen LogP contribution in [0.5, 0.6) is 11.5 Å². The van der Waals surface area contributed by atoms with Gasteiger partial charge in [-0.1, -0.05) is 0 Å². The lowest BCUT2D eigenvalue weighted by Crippen LogP contribution is -2.35. The van der Waals surface area contributed by atoms with Crippen LogP contribution < -0.4 is 5.32 Å². The lowest BCUT2D eigenvalue weighted by molar-refractivity contribution is 0.0941. The van der Waals surface area contributed by atoms with E-state index in [1.807, 2.05) is 6.07 Å². The maximum atomic E-state index is 11.8. The second kappa shape index (κ2) is 4.34. The third-order valence-corrected chi connectivity index (χ3v) is 2.68. The monoisotopic (exact) mass is 232 g/mol. The van der Waals surface area contributed by atoms with Gasteiger partial charge in [-0.3, -0.25) is 4.79 Å². The van der Waals surface area contributed by atoms with Crippen LogP contribution in [0.4, 0.5) is 0 Å². The molecule has 0 radical (unpaired) electrons. The zero-order chi connectivity index (χ0) is 12.4. The standard InChI is InChI=1S/C12H12N2O3/c13-6-11(7-1-2-7)14-12(17)8-3-9(15)5-10(16)4-8/h3-5,7,11,15-16H,1-2H2,(H,14,17). The van der Waals surface area contributed by atoms with Crippen molar-refractivity contribution in [2.24, 2.45) is 5.92 Å². The van der Waals surface area contributed by atoms with Crippen molar-refractivity contribution < 1.29 is 15.0 Å². The second-order valence-electron chi connectivity index (χ2n) is 4.16. The van der Waals surface area contributed by atoms with Crippen molar-refractivity contribution in [2.45, 2.75) is 18.9 Å². The molecule has 0 heterocycles. The summed E-state index contributed by atoms with van der Waals surface area (Å²) in [7, 11) is 0. The Bertz CT molecular complexity index is 469. The van der Waals surface area contributed by atoms with Crippen LogP contribution in [0.2, 0.25) is 0 Å². The number of amides is 1. The van der Waals surface area contributed by atoms with E-state index in [0.29, 0.717) is 0 Å². The van der Waals surface area contributed by atoms with Crippen molar-refractivity contribution in [2.75, 3.05) is 0 Å². The Hall–Kier alpha value is -2.22. The molecule has 5 heteroatoms. The summed E-state index contributed by atoms with van der Waals surface area (Å²) in [5.74, 6) is -0.602. The Labute approximate surface area is 98.3 Å². The van der Waals surface area contributed by atoms with Gasteiger partial charge < -0.3 is 15.5 Å². The number of carbonyl (C=O) groups is 1. The van der Waals surface area contributed by atoms with Crippen LogP contribution >= 0.6 is 0 Å². The third-order valence-electron chi connectivity index (χ3n) is 2.68. The van der Waals surface area contributed by atoms with Gasteiger partial charge in [-0.15, -0.1) is 0 Å². The van der Waals surface area contributed by atoms with Crippen molar-refractivity contribution in [3.05, 3.63) is 23.8 Å². The molecule has 0 saturated heterocycles. The molecular formula is C12H12N2O3. The fourth-order valence-electron chi connectivity index (χ4n) is 1.64. The summed E-state index contributed by atoms with van der Waals surface area (Å²) in [6, 6.07) is 5.17. The van der Waals surface area contributed by atoms with Gasteiger partial charge in [-0.05, 0) is 30.9 Å². The predicted molar refractivity (Wildman–Crippen MR) is 59.4 cm³/mol. The number of benzene rings is 1. The smallest absolute Gasteiger partial charge is 0.252 e. The fourth-order valence-corrected chi connectivity index (χ4v) is 1.64. The van der Waals surface area contributed by atoms with Crippen LogP contribution in [0, 0.1) is 17.2 Å². The topological polar surface area (TPSA) is 93.4 Å². The SMILES string of the molecule is N#CC(NC(=O)c1cc(O)cc(O)c1)C1CC1. The largest absolute Gasteiger partial charge is 0.508 e.